The Labute approximate surface area is 56.8 Å². The van der Waals surface area contributed by atoms with Crippen LogP contribution < -0.4 is 0 Å². The molecule has 0 aromatic rings. The lowest BCUT2D eigenvalue weighted by molar-refractivity contribution is 0.294. The SMILES string of the molecule is CN(C)CC1OC1(C)C. The lowest BCUT2D eigenvalue weighted by Crippen LogP contribution is -2.21. The van der Waals surface area contributed by atoms with Crippen molar-refractivity contribution in [2.24, 2.45) is 0 Å². The first kappa shape index (κ1) is 7.03. The molecule has 0 amide bonds. The van der Waals surface area contributed by atoms with Crippen molar-refractivity contribution < 1.29 is 4.74 Å². The van der Waals surface area contributed by atoms with Crippen molar-refractivity contribution in [1.82, 2.24) is 4.90 Å². The molecule has 0 aromatic heterocycles. The van der Waals surface area contributed by atoms with E-state index in [4.69, 9.17) is 4.74 Å². The van der Waals surface area contributed by atoms with Crippen molar-refractivity contribution in [3.05, 3.63) is 0 Å². The van der Waals surface area contributed by atoms with Gasteiger partial charge in [0.2, 0.25) is 0 Å². The second kappa shape index (κ2) is 1.96. The molecule has 1 rings (SSSR count). The van der Waals surface area contributed by atoms with Gasteiger partial charge in [-0.2, -0.15) is 0 Å². The summed E-state index contributed by atoms with van der Waals surface area (Å²) in [6, 6.07) is 0. The molecule has 0 spiro atoms. The third-order valence-electron chi connectivity index (χ3n) is 1.70. The standard InChI is InChI=1S/C7H15NO/c1-7(2)6(9-7)5-8(3)4/h6H,5H2,1-4H3. The highest BCUT2D eigenvalue weighted by Gasteiger charge is 2.47. The number of ether oxygens (including phenoxy) is 1. The molecule has 0 radical (unpaired) electrons. The highest BCUT2D eigenvalue weighted by molar-refractivity contribution is 4.95. The summed E-state index contributed by atoms with van der Waals surface area (Å²) in [5.41, 5.74) is 0.157. The minimum atomic E-state index is 0.157. The van der Waals surface area contributed by atoms with Gasteiger partial charge in [-0.15, -0.1) is 0 Å². The first-order valence-electron chi connectivity index (χ1n) is 3.35. The highest BCUT2D eigenvalue weighted by Crippen LogP contribution is 2.35. The van der Waals surface area contributed by atoms with Crippen LogP contribution >= 0.6 is 0 Å². The van der Waals surface area contributed by atoms with E-state index in [-0.39, 0.29) is 5.60 Å². The molecule has 2 heteroatoms. The van der Waals surface area contributed by atoms with Crippen LogP contribution in [-0.4, -0.2) is 37.2 Å². The number of nitrogens with zero attached hydrogens (tertiary/aromatic N) is 1. The van der Waals surface area contributed by atoms with Gasteiger partial charge in [0.1, 0.15) is 0 Å². The predicted octanol–water partition coefficient (Wildman–Crippen LogP) is 0.725. The molecule has 1 heterocycles. The van der Waals surface area contributed by atoms with Crippen LogP contribution in [0.4, 0.5) is 0 Å². The van der Waals surface area contributed by atoms with Gasteiger partial charge >= 0.3 is 0 Å². The van der Waals surface area contributed by atoms with E-state index in [9.17, 15) is 0 Å². The third-order valence-corrected chi connectivity index (χ3v) is 1.70. The zero-order chi connectivity index (χ0) is 7.07. The first-order valence-corrected chi connectivity index (χ1v) is 3.35. The summed E-state index contributed by atoms with van der Waals surface area (Å²) in [4.78, 5) is 2.15. The zero-order valence-electron chi connectivity index (χ0n) is 6.64. The Balaban J connectivity index is 2.20. The average Bonchev–Trinajstić information content (AvgIpc) is 2.10. The van der Waals surface area contributed by atoms with Gasteiger partial charge < -0.3 is 9.64 Å². The molecule has 0 aromatic carbocycles. The van der Waals surface area contributed by atoms with E-state index in [2.05, 4.69) is 32.8 Å². The summed E-state index contributed by atoms with van der Waals surface area (Å²) in [6.45, 7) is 5.30. The second-order valence-corrected chi connectivity index (χ2v) is 3.47. The quantitative estimate of drug-likeness (QED) is 0.511. The minimum Gasteiger partial charge on any atom is -0.365 e. The van der Waals surface area contributed by atoms with Crippen molar-refractivity contribution in [3.8, 4) is 0 Å². The van der Waals surface area contributed by atoms with Gasteiger partial charge in [0.05, 0.1) is 11.7 Å². The topological polar surface area (TPSA) is 15.8 Å². The van der Waals surface area contributed by atoms with Crippen LogP contribution in [0.1, 0.15) is 13.8 Å². The number of hydrogen-bond donors (Lipinski definition) is 0. The lowest BCUT2D eigenvalue weighted by atomic mass is 10.1. The van der Waals surface area contributed by atoms with E-state index in [1.807, 2.05) is 0 Å². The molecular weight excluding hydrogens is 114 g/mol. The highest BCUT2D eigenvalue weighted by atomic mass is 16.6. The molecular formula is C7H15NO. The number of likely N-dealkylation sites (N-methyl/N-ethyl adjacent to an activating group) is 1. The molecule has 1 aliphatic heterocycles. The molecule has 2 nitrogen and oxygen atoms in total. The maximum atomic E-state index is 5.37. The summed E-state index contributed by atoms with van der Waals surface area (Å²) in [5.74, 6) is 0. The number of epoxide rings is 1. The Kier molecular flexibility index (Phi) is 1.53. The predicted molar refractivity (Wildman–Crippen MR) is 37.5 cm³/mol. The van der Waals surface area contributed by atoms with Gasteiger partial charge in [-0.3, -0.25) is 0 Å². The molecule has 0 N–H and O–H groups in total. The maximum Gasteiger partial charge on any atom is 0.0994 e. The fourth-order valence-electron chi connectivity index (χ4n) is 0.921. The monoisotopic (exact) mass is 129 g/mol. The van der Waals surface area contributed by atoms with Crippen LogP contribution in [-0.2, 0) is 4.74 Å². The van der Waals surface area contributed by atoms with Gasteiger partial charge in [0, 0.05) is 6.54 Å². The minimum absolute atomic E-state index is 0.157. The molecule has 0 aliphatic carbocycles. The van der Waals surface area contributed by atoms with Gasteiger partial charge in [-0.25, -0.2) is 0 Å². The van der Waals surface area contributed by atoms with E-state index in [1.165, 1.54) is 0 Å². The van der Waals surface area contributed by atoms with E-state index in [1.54, 1.807) is 0 Å². The van der Waals surface area contributed by atoms with Crippen LogP contribution in [0, 0.1) is 0 Å². The van der Waals surface area contributed by atoms with E-state index in [0.717, 1.165) is 6.54 Å². The summed E-state index contributed by atoms with van der Waals surface area (Å²) < 4.78 is 5.37. The van der Waals surface area contributed by atoms with E-state index < -0.39 is 0 Å². The third kappa shape index (κ3) is 1.66. The van der Waals surface area contributed by atoms with E-state index >= 15 is 0 Å². The van der Waals surface area contributed by atoms with Crippen LogP contribution in [0.5, 0.6) is 0 Å². The number of hydrogen-bond acceptors (Lipinski definition) is 2. The fraction of sp³-hybridized carbons (Fsp3) is 1.00. The fourth-order valence-corrected chi connectivity index (χ4v) is 0.921. The molecule has 9 heavy (non-hydrogen) atoms. The van der Waals surface area contributed by atoms with Crippen LogP contribution in [0.25, 0.3) is 0 Å². The Bertz CT molecular complexity index is 109. The molecule has 0 bridgehead atoms. The smallest absolute Gasteiger partial charge is 0.0994 e. The summed E-state index contributed by atoms with van der Waals surface area (Å²) >= 11 is 0. The number of rotatable bonds is 2. The molecule has 1 fully saturated rings. The normalized spacial score (nSPS) is 31.0. The van der Waals surface area contributed by atoms with Crippen molar-refractivity contribution >= 4 is 0 Å². The zero-order valence-corrected chi connectivity index (χ0v) is 6.64. The van der Waals surface area contributed by atoms with Crippen LogP contribution in [0.2, 0.25) is 0 Å². The largest absolute Gasteiger partial charge is 0.365 e. The van der Waals surface area contributed by atoms with Gasteiger partial charge in [0.25, 0.3) is 0 Å². The van der Waals surface area contributed by atoms with Crippen LogP contribution in [0.15, 0.2) is 0 Å². The molecule has 1 saturated heterocycles. The maximum absolute atomic E-state index is 5.37. The van der Waals surface area contributed by atoms with E-state index in [0.29, 0.717) is 6.10 Å². The van der Waals surface area contributed by atoms with Crippen LogP contribution in [0.3, 0.4) is 0 Å². The van der Waals surface area contributed by atoms with Gasteiger partial charge in [0.15, 0.2) is 0 Å². The molecule has 54 valence electrons. The Morgan fingerprint density at radius 2 is 1.89 bits per heavy atom. The van der Waals surface area contributed by atoms with Gasteiger partial charge in [-0.05, 0) is 27.9 Å². The Morgan fingerprint density at radius 1 is 1.44 bits per heavy atom. The summed E-state index contributed by atoms with van der Waals surface area (Å²) in [7, 11) is 4.13. The summed E-state index contributed by atoms with van der Waals surface area (Å²) in [6.07, 6.45) is 0.465. The van der Waals surface area contributed by atoms with Crippen molar-refractivity contribution in [2.45, 2.75) is 25.6 Å². The Morgan fingerprint density at radius 3 is 2.00 bits per heavy atom. The first-order chi connectivity index (χ1) is 4.02. The van der Waals surface area contributed by atoms with Crippen molar-refractivity contribution in [3.63, 3.8) is 0 Å². The molecule has 1 aliphatic rings. The Hall–Kier alpha value is -0.0800. The molecule has 1 unspecified atom stereocenters. The van der Waals surface area contributed by atoms with Gasteiger partial charge in [-0.1, -0.05) is 0 Å². The lowest BCUT2D eigenvalue weighted by Gasteiger charge is -2.06. The molecule has 0 saturated carbocycles. The van der Waals surface area contributed by atoms with Crippen molar-refractivity contribution in [1.29, 1.82) is 0 Å². The average molecular weight is 129 g/mol. The second-order valence-electron chi connectivity index (χ2n) is 3.47. The van der Waals surface area contributed by atoms with Crippen molar-refractivity contribution in [2.75, 3.05) is 20.6 Å². The summed E-state index contributed by atoms with van der Waals surface area (Å²) in [5, 5.41) is 0. The molecule has 1 atom stereocenters.